The Balaban J connectivity index is 2.11. The van der Waals surface area contributed by atoms with Crippen LogP contribution in [-0.4, -0.2) is 16.5 Å². The molecule has 2 aliphatic carbocycles. The maximum atomic E-state index is 10.7. The van der Waals surface area contributed by atoms with Gasteiger partial charge in [0.1, 0.15) is 0 Å². The molecule has 11 heavy (non-hydrogen) atoms. The number of carbonyl (C=O) groups is 1. The molecule has 0 heterocycles. The third-order valence-corrected chi connectivity index (χ3v) is 3.96. The largest absolute Gasteiger partial charge is 0.481 e. The van der Waals surface area contributed by atoms with Crippen LogP contribution in [0.15, 0.2) is 0 Å². The Kier molecular flexibility index (Phi) is 1.43. The van der Waals surface area contributed by atoms with Crippen molar-refractivity contribution in [2.75, 3.05) is 0 Å². The number of rotatable bonds is 1. The van der Waals surface area contributed by atoms with Gasteiger partial charge in [-0.25, -0.2) is 0 Å². The molecule has 2 fully saturated rings. The summed E-state index contributed by atoms with van der Waals surface area (Å²) in [5, 5.41) is 8.93. The average Bonchev–Trinajstić information content (AvgIpc) is 1.78. The monoisotopic (exact) mass is 174 g/mol. The zero-order valence-electron chi connectivity index (χ0n) is 6.22. The van der Waals surface area contributed by atoms with Crippen molar-refractivity contribution in [3.8, 4) is 0 Å². The highest BCUT2D eigenvalue weighted by Crippen LogP contribution is 2.61. The predicted molar refractivity (Wildman–Crippen MR) is 41.7 cm³/mol. The van der Waals surface area contributed by atoms with Crippen molar-refractivity contribution in [1.82, 2.24) is 0 Å². The minimum atomic E-state index is -0.651. The average molecular weight is 175 g/mol. The molecule has 2 rings (SSSR count). The van der Waals surface area contributed by atoms with Gasteiger partial charge >= 0.3 is 5.97 Å². The predicted octanol–water partition coefficient (Wildman–Crippen LogP) is 1.87. The van der Waals surface area contributed by atoms with E-state index >= 15 is 0 Å². The Morgan fingerprint density at radius 2 is 2.18 bits per heavy atom. The van der Waals surface area contributed by atoms with Gasteiger partial charge in [0.25, 0.3) is 0 Å². The molecule has 2 atom stereocenters. The zero-order valence-corrected chi connectivity index (χ0v) is 6.97. The first-order valence-electron chi connectivity index (χ1n) is 4.04. The Hall–Kier alpha value is -0.240. The van der Waals surface area contributed by atoms with Crippen LogP contribution in [-0.2, 0) is 4.79 Å². The van der Waals surface area contributed by atoms with Crippen molar-refractivity contribution >= 4 is 17.6 Å². The molecule has 0 amide bonds. The van der Waals surface area contributed by atoms with E-state index < -0.39 is 5.97 Å². The summed E-state index contributed by atoms with van der Waals surface area (Å²) in [5.74, 6) is -0.791. The highest BCUT2D eigenvalue weighted by Gasteiger charge is 2.60. The number of aliphatic carboxylic acids is 1. The van der Waals surface area contributed by atoms with Gasteiger partial charge in [0, 0.05) is 10.8 Å². The maximum absolute atomic E-state index is 10.7. The highest BCUT2D eigenvalue weighted by atomic mass is 35.5. The molecular weight excluding hydrogens is 164 g/mol. The van der Waals surface area contributed by atoms with Gasteiger partial charge in [-0.05, 0) is 19.3 Å². The summed E-state index contributed by atoms with van der Waals surface area (Å²) in [5.41, 5.74) is 0.00733. The summed E-state index contributed by atoms with van der Waals surface area (Å²) in [7, 11) is 0. The highest BCUT2D eigenvalue weighted by molar-refractivity contribution is 6.22. The van der Waals surface area contributed by atoms with Gasteiger partial charge in [-0.1, -0.05) is 6.42 Å². The number of halogens is 1. The van der Waals surface area contributed by atoms with Crippen molar-refractivity contribution in [2.45, 2.75) is 31.1 Å². The molecule has 0 aromatic carbocycles. The molecule has 2 aliphatic rings. The number of carboxylic acids is 1. The van der Waals surface area contributed by atoms with Crippen molar-refractivity contribution in [2.24, 2.45) is 11.3 Å². The summed E-state index contributed by atoms with van der Waals surface area (Å²) in [6.45, 7) is 0. The molecule has 0 aliphatic heterocycles. The Morgan fingerprint density at radius 1 is 1.55 bits per heavy atom. The van der Waals surface area contributed by atoms with Crippen molar-refractivity contribution < 1.29 is 9.90 Å². The van der Waals surface area contributed by atoms with E-state index in [-0.39, 0.29) is 16.7 Å². The standard InChI is InChI=1S/C8H11ClO2/c9-6-4-5(7(10)11)8(6)2-1-3-8/h5-6H,1-4H2,(H,10,11). The topological polar surface area (TPSA) is 37.3 Å². The van der Waals surface area contributed by atoms with Gasteiger partial charge in [0.05, 0.1) is 5.92 Å². The molecule has 0 radical (unpaired) electrons. The van der Waals surface area contributed by atoms with E-state index in [0.717, 1.165) is 19.3 Å². The van der Waals surface area contributed by atoms with Crippen LogP contribution in [0.5, 0.6) is 0 Å². The van der Waals surface area contributed by atoms with Crippen molar-refractivity contribution in [3.05, 3.63) is 0 Å². The molecular formula is C8H11ClO2. The van der Waals surface area contributed by atoms with Crippen LogP contribution in [0.25, 0.3) is 0 Å². The Labute approximate surface area is 70.5 Å². The number of alkyl halides is 1. The van der Waals surface area contributed by atoms with E-state index in [0.29, 0.717) is 6.42 Å². The van der Waals surface area contributed by atoms with Crippen LogP contribution in [0.2, 0.25) is 0 Å². The molecule has 0 bridgehead atoms. The molecule has 0 saturated heterocycles. The van der Waals surface area contributed by atoms with Crippen LogP contribution in [0, 0.1) is 11.3 Å². The third-order valence-electron chi connectivity index (χ3n) is 3.34. The summed E-state index contributed by atoms with van der Waals surface area (Å²) >= 11 is 5.98. The normalized spacial score (nSPS) is 39.4. The lowest BCUT2D eigenvalue weighted by Gasteiger charge is -2.57. The molecule has 1 spiro atoms. The lowest BCUT2D eigenvalue weighted by Crippen LogP contribution is -2.57. The zero-order chi connectivity index (χ0) is 8.06. The fourth-order valence-corrected chi connectivity index (χ4v) is 2.88. The summed E-state index contributed by atoms with van der Waals surface area (Å²) in [6, 6.07) is 0. The third kappa shape index (κ3) is 0.763. The van der Waals surface area contributed by atoms with E-state index in [1.807, 2.05) is 0 Å². The molecule has 2 unspecified atom stereocenters. The fourth-order valence-electron chi connectivity index (χ4n) is 2.33. The van der Waals surface area contributed by atoms with Crippen LogP contribution in [0.4, 0.5) is 0 Å². The first-order valence-corrected chi connectivity index (χ1v) is 4.47. The minimum Gasteiger partial charge on any atom is -0.481 e. The molecule has 2 nitrogen and oxygen atoms in total. The van der Waals surface area contributed by atoms with E-state index in [1.54, 1.807) is 0 Å². The van der Waals surface area contributed by atoms with E-state index in [9.17, 15) is 4.79 Å². The van der Waals surface area contributed by atoms with Crippen LogP contribution in [0.3, 0.4) is 0 Å². The van der Waals surface area contributed by atoms with Gasteiger partial charge in [0.15, 0.2) is 0 Å². The molecule has 0 aromatic heterocycles. The summed E-state index contributed by atoms with van der Waals surface area (Å²) in [4.78, 5) is 10.7. The Morgan fingerprint density at radius 3 is 2.36 bits per heavy atom. The van der Waals surface area contributed by atoms with Gasteiger partial charge in [-0.2, -0.15) is 0 Å². The molecule has 3 heteroatoms. The fraction of sp³-hybridized carbons (Fsp3) is 0.875. The first-order chi connectivity index (χ1) is 5.17. The van der Waals surface area contributed by atoms with E-state index in [2.05, 4.69) is 0 Å². The lowest BCUT2D eigenvalue weighted by molar-refractivity contribution is -0.160. The Bertz CT molecular complexity index is 198. The van der Waals surface area contributed by atoms with Gasteiger partial charge in [-0.3, -0.25) is 4.79 Å². The van der Waals surface area contributed by atoms with Crippen molar-refractivity contribution in [1.29, 1.82) is 0 Å². The van der Waals surface area contributed by atoms with Gasteiger partial charge in [-0.15, -0.1) is 11.6 Å². The molecule has 0 aromatic rings. The maximum Gasteiger partial charge on any atom is 0.307 e. The molecule has 62 valence electrons. The van der Waals surface area contributed by atoms with Gasteiger partial charge < -0.3 is 5.11 Å². The van der Waals surface area contributed by atoms with E-state index in [4.69, 9.17) is 16.7 Å². The smallest absolute Gasteiger partial charge is 0.307 e. The minimum absolute atomic E-state index is 0.00733. The second kappa shape index (κ2) is 2.13. The first kappa shape index (κ1) is 7.41. The quantitative estimate of drug-likeness (QED) is 0.617. The van der Waals surface area contributed by atoms with E-state index in [1.165, 1.54) is 0 Å². The van der Waals surface area contributed by atoms with Crippen LogP contribution < -0.4 is 0 Å². The summed E-state index contributed by atoms with van der Waals surface area (Å²) < 4.78 is 0. The number of hydrogen-bond acceptors (Lipinski definition) is 1. The van der Waals surface area contributed by atoms with Gasteiger partial charge in [0.2, 0.25) is 0 Å². The molecule has 1 N–H and O–H groups in total. The lowest BCUT2D eigenvalue weighted by atomic mass is 9.49. The number of hydrogen-bond donors (Lipinski definition) is 1. The number of carboxylic acid groups (broad SMARTS) is 1. The summed E-state index contributed by atoms with van der Waals surface area (Å²) in [6.07, 6.45) is 3.89. The molecule has 2 saturated carbocycles. The van der Waals surface area contributed by atoms with Crippen LogP contribution in [0.1, 0.15) is 25.7 Å². The SMILES string of the molecule is O=C(O)C1CC(Cl)C12CCC2. The second-order valence-corrected chi connectivity index (χ2v) is 4.21. The second-order valence-electron chi connectivity index (χ2n) is 3.68. The van der Waals surface area contributed by atoms with Crippen molar-refractivity contribution in [3.63, 3.8) is 0 Å². The van der Waals surface area contributed by atoms with Crippen LogP contribution >= 0.6 is 11.6 Å².